The Morgan fingerprint density at radius 2 is 1.69 bits per heavy atom. The zero-order valence-electron chi connectivity index (χ0n) is 19.9. The van der Waals surface area contributed by atoms with Crippen molar-refractivity contribution in [2.24, 2.45) is 0 Å². The molecule has 0 saturated carbocycles. The Labute approximate surface area is 196 Å². The van der Waals surface area contributed by atoms with Gasteiger partial charge in [-0.3, -0.25) is 9.59 Å². The molecule has 0 saturated heterocycles. The number of amides is 2. The highest BCUT2D eigenvalue weighted by atomic mass is 32.2. The summed E-state index contributed by atoms with van der Waals surface area (Å²) in [5, 5.41) is 3.05. The van der Waals surface area contributed by atoms with Gasteiger partial charge in [0.25, 0.3) is 0 Å². The Morgan fingerprint density at radius 1 is 1.03 bits per heavy atom. The summed E-state index contributed by atoms with van der Waals surface area (Å²) in [4.78, 5) is 29.1. The fourth-order valence-electron chi connectivity index (χ4n) is 3.32. The van der Waals surface area contributed by atoms with Gasteiger partial charge in [0.1, 0.15) is 11.8 Å². The van der Waals surface area contributed by atoms with Crippen molar-refractivity contribution in [2.45, 2.75) is 70.5 Å². The number of methoxy groups -OCH3 is 1. The fourth-order valence-corrected chi connectivity index (χ4v) is 4.16. The van der Waals surface area contributed by atoms with Gasteiger partial charge in [0.15, 0.2) is 0 Å². The Morgan fingerprint density at radius 3 is 2.25 bits per heavy atom. The van der Waals surface area contributed by atoms with Crippen LogP contribution in [0.2, 0.25) is 0 Å². The Kier molecular flexibility index (Phi) is 10.6. The predicted octanol–water partition coefficient (Wildman–Crippen LogP) is 5.21. The topological polar surface area (TPSA) is 58.6 Å². The van der Waals surface area contributed by atoms with Crippen molar-refractivity contribution in [1.82, 2.24) is 10.2 Å². The highest BCUT2D eigenvalue weighted by molar-refractivity contribution is 7.99. The van der Waals surface area contributed by atoms with E-state index in [-0.39, 0.29) is 17.9 Å². The molecule has 5 nitrogen and oxygen atoms in total. The number of thioether (sulfide) groups is 1. The van der Waals surface area contributed by atoms with Gasteiger partial charge in [-0.25, -0.2) is 0 Å². The second-order valence-corrected chi connectivity index (χ2v) is 9.19. The molecule has 0 fully saturated rings. The summed E-state index contributed by atoms with van der Waals surface area (Å²) in [5.41, 5.74) is 2.19. The van der Waals surface area contributed by atoms with E-state index in [9.17, 15) is 9.59 Å². The molecule has 0 unspecified atom stereocenters. The number of hydrogen-bond donors (Lipinski definition) is 1. The van der Waals surface area contributed by atoms with E-state index >= 15 is 0 Å². The lowest BCUT2D eigenvalue weighted by Gasteiger charge is -2.31. The van der Waals surface area contributed by atoms with Gasteiger partial charge in [-0.05, 0) is 56.5 Å². The van der Waals surface area contributed by atoms with Crippen molar-refractivity contribution in [2.75, 3.05) is 12.9 Å². The molecule has 1 N–H and O–H groups in total. The molecule has 6 heteroatoms. The zero-order chi connectivity index (χ0) is 23.5. The fraction of sp³-hybridized carbons (Fsp3) is 0.462. The first-order valence-corrected chi connectivity index (χ1v) is 12.3. The van der Waals surface area contributed by atoms with Crippen LogP contribution in [0.1, 0.15) is 51.2 Å². The minimum atomic E-state index is -0.497. The molecule has 2 atom stereocenters. The van der Waals surface area contributed by atoms with Crippen molar-refractivity contribution in [1.29, 1.82) is 0 Å². The summed E-state index contributed by atoms with van der Waals surface area (Å²) in [6.45, 7) is 8.43. The molecule has 0 radical (unpaired) electrons. The van der Waals surface area contributed by atoms with E-state index in [0.717, 1.165) is 22.6 Å². The highest BCUT2D eigenvalue weighted by Gasteiger charge is 2.29. The molecule has 0 heterocycles. The van der Waals surface area contributed by atoms with E-state index < -0.39 is 6.04 Å². The molecule has 2 aromatic carbocycles. The van der Waals surface area contributed by atoms with Crippen molar-refractivity contribution in [3.05, 3.63) is 59.7 Å². The number of carbonyl (C=O) groups is 2. The Bertz CT molecular complexity index is 852. The van der Waals surface area contributed by atoms with Gasteiger partial charge in [-0.1, -0.05) is 43.7 Å². The second-order valence-electron chi connectivity index (χ2n) is 8.02. The van der Waals surface area contributed by atoms with Crippen LogP contribution in [-0.2, 0) is 16.1 Å². The molecule has 2 rings (SSSR count). The molecule has 2 amide bonds. The quantitative estimate of drug-likeness (QED) is 0.446. The summed E-state index contributed by atoms with van der Waals surface area (Å²) >= 11 is 1.66. The number of hydrogen-bond acceptors (Lipinski definition) is 4. The van der Waals surface area contributed by atoms with E-state index in [4.69, 9.17) is 4.74 Å². The normalized spacial score (nSPS) is 12.7. The van der Waals surface area contributed by atoms with Gasteiger partial charge < -0.3 is 15.0 Å². The number of ether oxygens (including phenoxy) is 1. The monoisotopic (exact) mass is 456 g/mol. The molecule has 0 aliphatic heterocycles. The summed E-state index contributed by atoms with van der Waals surface area (Å²) in [7, 11) is 1.63. The van der Waals surface area contributed by atoms with Gasteiger partial charge in [-0.2, -0.15) is 0 Å². The smallest absolute Gasteiger partial charge is 0.243 e. The van der Waals surface area contributed by atoms with E-state index in [1.54, 1.807) is 23.8 Å². The minimum absolute atomic E-state index is 0.00780. The van der Waals surface area contributed by atoms with Crippen LogP contribution in [0.15, 0.2) is 53.4 Å². The number of rotatable bonds is 12. The molecule has 0 aliphatic carbocycles. The molecular weight excluding hydrogens is 420 g/mol. The minimum Gasteiger partial charge on any atom is -0.497 e. The molecule has 32 heavy (non-hydrogen) atoms. The van der Waals surface area contributed by atoms with Crippen LogP contribution in [0.5, 0.6) is 5.75 Å². The van der Waals surface area contributed by atoms with Gasteiger partial charge in [0, 0.05) is 29.7 Å². The maximum Gasteiger partial charge on any atom is 0.243 e. The van der Waals surface area contributed by atoms with E-state index in [1.807, 2.05) is 45.0 Å². The number of nitrogens with one attached hydrogen (secondary N) is 1. The molecule has 174 valence electrons. The first kappa shape index (κ1) is 25.8. The lowest BCUT2D eigenvalue weighted by atomic mass is 10.1. The van der Waals surface area contributed by atoms with Crippen molar-refractivity contribution < 1.29 is 14.3 Å². The van der Waals surface area contributed by atoms with Crippen molar-refractivity contribution in [3.8, 4) is 5.75 Å². The summed E-state index contributed by atoms with van der Waals surface area (Å²) in [6.07, 6.45) is 1.79. The van der Waals surface area contributed by atoms with Crippen LogP contribution in [-0.4, -0.2) is 41.7 Å². The number of nitrogens with zero attached hydrogens (tertiary/aromatic N) is 1. The highest BCUT2D eigenvalue weighted by Crippen LogP contribution is 2.21. The first-order valence-electron chi connectivity index (χ1n) is 11.3. The second kappa shape index (κ2) is 13.2. The summed E-state index contributed by atoms with van der Waals surface area (Å²) < 4.78 is 5.24. The van der Waals surface area contributed by atoms with Crippen molar-refractivity contribution in [3.63, 3.8) is 0 Å². The largest absolute Gasteiger partial charge is 0.497 e. The average Bonchev–Trinajstić information content (AvgIpc) is 2.80. The Balaban J connectivity index is 2.13. The third-order valence-electron chi connectivity index (χ3n) is 5.50. The maximum atomic E-state index is 13.3. The van der Waals surface area contributed by atoms with Gasteiger partial charge in [-0.15, -0.1) is 11.8 Å². The SMILES string of the molecule is CC[C@H](C(=O)N[C@@H](C)CC)N(Cc1ccc(OC)cc1)C(=O)CCSc1ccc(C)cc1. The van der Waals surface area contributed by atoms with Gasteiger partial charge in [0.2, 0.25) is 11.8 Å². The summed E-state index contributed by atoms with van der Waals surface area (Å²) in [5.74, 6) is 1.34. The lowest BCUT2D eigenvalue weighted by Crippen LogP contribution is -2.50. The van der Waals surface area contributed by atoms with Crippen LogP contribution in [0.3, 0.4) is 0 Å². The molecule has 2 aromatic rings. The van der Waals surface area contributed by atoms with Crippen LogP contribution in [0.25, 0.3) is 0 Å². The van der Waals surface area contributed by atoms with Crippen LogP contribution in [0.4, 0.5) is 0 Å². The van der Waals surface area contributed by atoms with Crippen molar-refractivity contribution >= 4 is 23.6 Å². The lowest BCUT2D eigenvalue weighted by molar-refractivity contribution is -0.141. The number of benzene rings is 2. The first-order chi connectivity index (χ1) is 15.4. The predicted molar refractivity (Wildman–Crippen MR) is 132 cm³/mol. The van der Waals surface area contributed by atoms with Crippen LogP contribution < -0.4 is 10.1 Å². The molecule has 0 aromatic heterocycles. The van der Waals surface area contributed by atoms with Crippen LogP contribution in [0, 0.1) is 6.92 Å². The molecule has 0 bridgehead atoms. The van der Waals surface area contributed by atoms with E-state index in [2.05, 4.69) is 36.5 Å². The zero-order valence-corrected chi connectivity index (χ0v) is 20.7. The average molecular weight is 457 g/mol. The number of aryl methyl sites for hydroxylation is 1. The van der Waals surface area contributed by atoms with Crippen LogP contribution >= 0.6 is 11.8 Å². The molecule has 0 aliphatic rings. The maximum absolute atomic E-state index is 13.3. The third kappa shape index (κ3) is 7.90. The number of carbonyl (C=O) groups excluding carboxylic acids is 2. The third-order valence-corrected chi connectivity index (χ3v) is 6.52. The van der Waals surface area contributed by atoms with Gasteiger partial charge in [0.05, 0.1) is 7.11 Å². The summed E-state index contributed by atoms with van der Waals surface area (Å²) in [6, 6.07) is 15.5. The Hall–Kier alpha value is -2.47. The van der Waals surface area contributed by atoms with Gasteiger partial charge >= 0.3 is 0 Å². The van der Waals surface area contributed by atoms with E-state index in [0.29, 0.717) is 25.1 Å². The molecule has 0 spiro atoms. The molecular formula is C26H36N2O3S. The standard InChI is InChI=1S/C26H36N2O3S/c1-6-20(4)27-26(30)24(7-2)28(18-21-10-12-22(31-5)13-11-21)25(29)16-17-32-23-14-8-19(3)9-15-23/h8-15,20,24H,6-7,16-18H2,1-5H3,(H,27,30)/t20-,24+/m0/s1. The van der Waals surface area contributed by atoms with E-state index in [1.165, 1.54) is 5.56 Å².